The minimum Gasteiger partial charge on any atom is -0.305 e. The van der Waals surface area contributed by atoms with Crippen LogP contribution in [0.2, 0.25) is 0 Å². The summed E-state index contributed by atoms with van der Waals surface area (Å²) >= 11 is 0. The number of hydrogen-bond acceptors (Lipinski definition) is 2. The first-order valence-corrected chi connectivity index (χ1v) is 3.95. The van der Waals surface area contributed by atoms with E-state index in [4.69, 9.17) is 5.26 Å². The van der Waals surface area contributed by atoms with Crippen molar-refractivity contribution in [2.45, 2.75) is 31.7 Å². The molecule has 1 fully saturated rings. The summed E-state index contributed by atoms with van der Waals surface area (Å²) in [6.07, 6.45) is 5.09. The second-order valence-corrected chi connectivity index (χ2v) is 2.94. The van der Waals surface area contributed by atoms with E-state index in [0.717, 1.165) is 0 Å². The Labute approximate surface area is 62.2 Å². The van der Waals surface area contributed by atoms with Gasteiger partial charge in [0, 0.05) is 0 Å². The van der Waals surface area contributed by atoms with Crippen molar-refractivity contribution in [3.8, 4) is 6.07 Å². The molecule has 0 bridgehead atoms. The Morgan fingerprint density at radius 1 is 1.50 bits per heavy atom. The van der Waals surface area contributed by atoms with Gasteiger partial charge in [0.05, 0.1) is 12.1 Å². The van der Waals surface area contributed by atoms with Crippen LogP contribution >= 0.6 is 0 Å². The molecule has 1 saturated carbocycles. The van der Waals surface area contributed by atoms with E-state index in [1.165, 1.54) is 25.7 Å². The van der Waals surface area contributed by atoms with E-state index < -0.39 is 0 Å². The molecule has 1 rings (SSSR count). The van der Waals surface area contributed by atoms with Crippen LogP contribution in [0.5, 0.6) is 0 Å². The van der Waals surface area contributed by atoms with Crippen LogP contribution in [0.1, 0.15) is 25.7 Å². The molecule has 2 nitrogen and oxygen atoms in total. The zero-order valence-corrected chi connectivity index (χ0v) is 6.43. The number of rotatable bonds is 2. The van der Waals surface area contributed by atoms with Crippen molar-refractivity contribution in [1.29, 1.82) is 5.26 Å². The number of hydrogen-bond donors (Lipinski definition) is 1. The Bertz CT molecular complexity index is 131. The van der Waals surface area contributed by atoms with Gasteiger partial charge in [-0.1, -0.05) is 12.8 Å². The maximum absolute atomic E-state index is 8.67. The summed E-state index contributed by atoms with van der Waals surface area (Å²) in [5, 5.41) is 11.7. The molecular weight excluding hydrogens is 124 g/mol. The van der Waals surface area contributed by atoms with E-state index in [9.17, 15) is 0 Å². The van der Waals surface area contributed by atoms with Crippen LogP contribution in [-0.2, 0) is 0 Å². The molecule has 0 spiro atoms. The molecule has 56 valence electrons. The Morgan fingerprint density at radius 3 is 2.50 bits per heavy atom. The second kappa shape index (κ2) is 3.58. The van der Waals surface area contributed by atoms with Gasteiger partial charge in [0.25, 0.3) is 0 Å². The van der Waals surface area contributed by atoms with Gasteiger partial charge in [0.1, 0.15) is 0 Å². The summed E-state index contributed by atoms with van der Waals surface area (Å²) in [7, 11) is 1.87. The summed E-state index contributed by atoms with van der Waals surface area (Å²) in [4.78, 5) is 0. The normalized spacial score (nSPS) is 22.4. The van der Waals surface area contributed by atoms with Crippen molar-refractivity contribution in [2.75, 3.05) is 7.05 Å². The van der Waals surface area contributed by atoms with Gasteiger partial charge >= 0.3 is 0 Å². The highest BCUT2D eigenvalue weighted by Crippen LogP contribution is 2.27. The van der Waals surface area contributed by atoms with Gasteiger partial charge in [0.15, 0.2) is 0 Å². The highest BCUT2D eigenvalue weighted by atomic mass is 14.9. The molecule has 0 heterocycles. The molecule has 1 aliphatic carbocycles. The number of nitrogens with one attached hydrogen (secondary N) is 1. The van der Waals surface area contributed by atoms with E-state index in [0.29, 0.717) is 5.92 Å². The Kier molecular flexibility index (Phi) is 2.70. The van der Waals surface area contributed by atoms with Crippen LogP contribution in [0.3, 0.4) is 0 Å². The fourth-order valence-corrected chi connectivity index (χ4v) is 1.70. The van der Waals surface area contributed by atoms with E-state index in [1.54, 1.807) is 0 Å². The zero-order valence-electron chi connectivity index (χ0n) is 6.43. The summed E-state index contributed by atoms with van der Waals surface area (Å²) < 4.78 is 0. The van der Waals surface area contributed by atoms with Gasteiger partial charge < -0.3 is 5.32 Å². The minimum atomic E-state index is 0.0995. The SMILES string of the molecule is CNC(C#N)C1CCCC1. The third-order valence-electron chi connectivity index (χ3n) is 2.32. The summed E-state index contributed by atoms with van der Waals surface area (Å²) in [5.41, 5.74) is 0. The molecule has 0 aliphatic heterocycles. The lowest BCUT2D eigenvalue weighted by Gasteiger charge is -2.14. The van der Waals surface area contributed by atoms with Gasteiger partial charge in [-0.15, -0.1) is 0 Å². The molecule has 10 heavy (non-hydrogen) atoms. The third-order valence-corrected chi connectivity index (χ3v) is 2.32. The fraction of sp³-hybridized carbons (Fsp3) is 0.875. The first-order chi connectivity index (χ1) is 4.88. The highest BCUT2D eigenvalue weighted by molar-refractivity contribution is 4.95. The molecule has 1 atom stereocenters. The van der Waals surface area contributed by atoms with Crippen molar-refractivity contribution in [1.82, 2.24) is 5.32 Å². The van der Waals surface area contributed by atoms with Crippen LogP contribution in [0.4, 0.5) is 0 Å². The summed E-state index contributed by atoms with van der Waals surface area (Å²) in [5.74, 6) is 0.620. The molecular formula is C8H14N2. The number of nitriles is 1. The lowest BCUT2D eigenvalue weighted by molar-refractivity contribution is 0.446. The fourth-order valence-electron chi connectivity index (χ4n) is 1.70. The van der Waals surface area contributed by atoms with E-state index in [-0.39, 0.29) is 6.04 Å². The predicted octanol–water partition coefficient (Wildman–Crippen LogP) is 1.29. The highest BCUT2D eigenvalue weighted by Gasteiger charge is 2.22. The van der Waals surface area contributed by atoms with Gasteiger partial charge in [-0.2, -0.15) is 5.26 Å². The van der Waals surface area contributed by atoms with Crippen LogP contribution in [0.15, 0.2) is 0 Å². The molecule has 1 aliphatic rings. The summed E-state index contributed by atoms with van der Waals surface area (Å²) in [6.45, 7) is 0. The molecule has 2 heteroatoms. The quantitative estimate of drug-likeness (QED) is 0.624. The second-order valence-electron chi connectivity index (χ2n) is 2.94. The lowest BCUT2D eigenvalue weighted by Crippen LogP contribution is -2.30. The average Bonchev–Trinajstić information content (AvgIpc) is 2.43. The molecule has 1 unspecified atom stereocenters. The molecule has 0 aromatic carbocycles. The van der Waals surface area contributed by atoms with E-state index >= 15 is 0 Å². The molecule has 0 radical (unpaired) electrons. The van der Waals surface area contributed by atoms with Gasteiger partial charge in [0.2, 0.25) is 0 Å². The Morgan fingerprint density at radius 2 is 2.10 bits per heavy atom. The zero-order chi connectivity index (χ0) is 7.40. The van der Waals surface area contributed by atoms with E-state index in [2.05, 4.69) is 11.4 Å². The van der Waals surface area contributed by atoms with Crippen LogP contribution in [-0.4, -0.2) is 13.1 Å². The monoisotopic (exact) mass is 138 g/mol. The molecule has 0 aromatic heterocycles. The maximum atomic E-state index is 8.67. The first kappa shape index (κ1) is 7.56. The topological polar surface area (TPSA) is 35.8 Å². The smallest absolute Gasteiger partial charge is 0.0979 e. The van der Waals surface area contributed by atoms with Crippen molar-refractivity contribution in [2.24, 2.45) is 5.92 Å². The lowest BCUT2D eigenvalue weighted by atomic mass is 10.00. The molecule has 1 N–H and O–H groups in total. The average molecular weight is 138 g/mol. The maximum Gasteiger partial charge on any atom is 0.0979 e. The van der Waals surface area contributed by atoms with Crippen LogP contribution in [0, 0.1) is 17.2 Å². The van der Waals surface area contributed by atoms with Gasteiger partial charge in [-0.25, -0.2) is 0 Å². The van der Waals surface area contributed by atoms with Crippen molar-refractivity contribution in [3.05, 3.63) is 0 Å². The van der Waals surface area contributed by atoms with Crippen molar-refractivity contribution >= 4 is 0 Å². The van der Waals surface area contributed by atoms with Crippen molar-refractivity contribution in [3.63, 3.8) is 0 Å². The first-order valence-electron chi connectivity index (χ1n) is 3.95. The Hall–Kier alpha value is -0.550. The van der Waals surface area contributed by atoms with E-state index in [1.807, 2.05) is 7.05 Å². The van der Waals surface area contributed by atoms with Gasteiger partial charge in [-0.3, -0.25) is 0 Å². The van der Waals surface area contributed by atoms with Crippen molar-refractivity contribution < 1.29 is 0 Å². The number of nitrogens with zero attached hydrogens (tertiary/aromatic N) is 1. The summed E-state index contributed by atoms with van der Waals surface area (Å²) in [6, 6.07) is 2.38. The largest absolute Gasteiger partial charge is 0.305 e. The molecule has 0 saturated heterocycles. The third kappa shape index (κ3) is 1.48. The van der Waals surface area contributed by atoms with Crippen LogP contribution < -0.4 is 5.32 Å². The van der Waals surface area contributed by atoms with Gasteiger partial charge in [-0.05, 0) is 25.8 Å². The molecule has 0 aromatic rings. The predicted molar refractivity (Wildman–Crippen MR) is 40.4 cm³/mol. The Balaban J connectivity index is 2.38. The molecule has 0 amide bonds. The van der Waals surface area contributed by atoms with Crippen LogP contribution in [0.25, 0.3) is 0 Å². The minimum absolute atomic E-state index is 0.0995. The standard InChI is InChI=1S/C8H14N2/c1-10-8(6-9)7-4-2-3-5-7/h7-8,10H,2-5H2,1H3.